The van der Waals surface area contributed by atoms with Crippen molar-refractivity contribution in [1.82, 2.24) is 0 Å². The number of ether oxygens (including phenoxy) is 3. The molecule has 400 valence electrons. The molecule has 6 heteroatoms. The Kier molecular flexibility index (Phi) is 55.3. The average Bonchev–Trinajstić information content (AvgIpc) is 3.35. The van der Waals surface area contributed by atoms with E-state index in [1.165, 1.54) is 186 Å². The first-order valence-corrected chi connectivity index (χ1v) is 29.8. The second-order valence-corrected chi connectivity index (χ2v) is 19.9. The first kappa shape index (κ1) is 66.1. The Labute approximate surface area is 428 Å². The van der Waals surface area contributed by atoms with Gasteiger partial charge in [0.25, 0.3) is 0 Å². The number of hydrogen-bond acceptors (Lipinski definition) is 6. The molecule has 0 aliphatic heterocycles. The fraction of sp³-hybridized carbons (Fsp3) is 0.794. The lowest BCUT2D eigenvalue weighted by atomic mass is 10.0. The highest BCUT2D eigenvalue weighted by molar-refractivity contribution is 5.71. The molecule has 1 atom stereocenters. The maximum absolute atomic E-state index is 12.8. The van der Waals surface area contributed by atoms with Crippen LogP contribution in [-0.4, -0.2) is 37.2 Å². The van der Waals surface area contributed by atoms with Crippen molar-refractivity contribution in [2.24, 2.45) is 0 Å². The standard InChI is InChI=1S/C63H112O6/c1-4-7-10-13-16-19-22-25-28-30-31-33-35-38-41-44-47-50-53-56-62(65)68-59-60(58-67-61(64)55-52-49-46-43-40-37-34-27-24-21-18-15-12-9-6-3)69-63(66)57-54-51-48-45-42-39-36-32-29-26-23-20-17-14-11-8-5-2/h17,20,26-27,29,34,36,39,45,48,60H,4-16,18-19,21-25,28,30-33,35,37-38,40-44,46-47,49-59H2,1-3H3/b20-17-,29-26-,34-27-,39-36-,48-45-/t60-/m1/s1. The molecule has 0 aromatic rings. The van der Waals surface area contributed by atoms with E-state index < -0.39 is 6.10 Å². The van der Waals surface area contributed by atoms with Crippen LogP contribution in [0, 0.1) is 0 Å². The van der Waals surface area contributed by atoms with E-state index in [-0.39, 0.29) is 37.5 Å². The third-order valence-corrected chi connectivity index (χ3v) is 13.0. The number of allylic oxidation sites excluding steroid dienone is 10. The predicted octanol–water partition coefficient (Wildman–Crippen LogP) is 20.0. The van der Waals surface area contributed by atoms with Gasteiger partial charge >= 0.3 is 17.9 Å². The van der Waals surface area contributed by atoms with Gasteiger partial charge in [0.1, 0.15) is 13.2 Å². The summed E-state index contributed by atoms with van der Waals surface area (Å²) in [5.74, 6) is -0.947. The molecule has 0 heterocycles. The number of hydrogen-bond donors (Lipinski definition) is 0. The van der Waals surface area contributed by atoms with Gasteiger partial charge in [-0.1, -0.05) is 261 Å². The zero-order valence-corrected chi connectivity index (χ0v) is 45.8. The Balaban J connectivity index is 4.43. The van der Waals surface area contributed by atoms with E-state index in [1.54, 1.807) is 0 Å². The zero-order valence-electron chi connectivity index (χ0n) is 45.8. The van der Waals surface area contributed by atoms with Crippen LogP contribution >= 0.6 is 0 Å². The van der Waals surface area contributed by atoms with Crippen molar-refractivity contribution >= 4 is 17.9 Å². The Bertz CT molecular complexity index is 1250. The fourth-order valence-electron chi connectivity index (χ4n) is 8.49. The molecule has 0 radical (unpaired) electrons. The van der Waals surface area contributed by atoms with Crippen LogP contribution in [0.2, 0.25) is 0 Å². The summed E-state index contributed by atoms with van der Waals surface area (Å²) in [5, 5.41) is 0. The number of carbonyl (C=O) groups excluding carboxylic acids is 3. The van der Waals surface area contributed by atoms with E-state index in [1.807, 2.05) is 0 Å². The predicted molar refractivity (Wildman–Crippen MR) is 298 cm³/mol. The molecule has 0 bridgehead atoms. The number of esters is 3. The van der Waals surface area contributed by atoms with E-state index in [0.29, 0.717) is 19.3 Å². The summed E-state index contributed by atoms with van der Waals surface area (Å²) in [7, 11) is 0. The molecular formula is C63H112O6. The minimum atomic E-state index is -0.804. The molecule has 0 aromatic heterocycles. The molecule has 69 heavy (non-hydrogen) atoms. The number of unbranched alkanes of at least 4 members (excludes halogenated alkanes) is 33. The highest BCUT2D eigenvalue weighted by Gasteiger charge is 2.19. The van der Waals surface area contributed by atoms with Crippen molar-refractivity contribution in [1.29, 1.82) is 0 Å². The minimum Gasteiger partial charge on any atom is -0.462 e. The highest BCUT2D eigenvalue weighted by atomic mass is 16.6. The molecule has 6 nitrogen and oxygen atoms in total. The maximum atomic E-state index is 12.8. The first-order chi connectivity index (χ1) is 34.0. The molecule has 0 aliphatic carbocycles. The fourth-order valence-corrected chi connectivity index (χ4v) is 8.49. The van der Waals surface area contributed by atoms with Crippen molar-refractivity contribution in [3.63, 3.8) is 0 Å². The monoisotopic (exact) mass is 965 g/mol. The summed E-state index contributed by atoms with van der Waals surface area (Å²) in [4.78, 5) is 38.2. The zero-order chi connectivity index (χ0) is 50.0. The van der Waals surface area contributed by atoms with Crippen molar-refractivity contribution in [3.05, 3.63) is 60.8 Å². The Morgan fingerprint density at radius 1 is 0.290 bits per heavy atom. The quantitative estimate of drug-likeness (QED) is 0.0262. The van der Waals surface area contributed by atoms with Gasteiger partial charge in [-0.25, -0.2) is 0 Å². The van der Waals surface area contributed by atoms with Crippen molar-refractivity contribution in [2.75, 3.05) is 13.2 Å². The second kappa shape index (κ2) is 57.7. The van der Waals surface area contributed by atoms with Crippen LogP contribution in [0.1, 0.15) is 303 Å². The van der Waals surface area contributed by atoms with Gasteiger partial charge < -0.3 is 14.2 Å². The largest absolute Gasteiger partial charge is 0.462 e. The Morgan fingerprint density at radius 2 is 0.536 bits per heavy atom. The SMILES string of the molecule is CCCCC/C=C\C/C=C\C/C=C\C/C=C\CCCC(=O)O[C@H](COC(=O)CCCCCCC/C=C\CCCCCCCC)COC(=O)CCCCCCCCCCCCCCCCCCCCC. The summed E-state index contributed by atoms with van der Waals surface area (Å²) in [6.07, 6.45) is 72.2. The van der Waals surface area contributed by atoms with Gasteiger partial charge in [-0.2, -0.15) is 0 Å². The Hall–Kier alpha value is -2.89. The molecule has 0 saturated heterocycles. The molecule has 0 aliphatic rings. The van der Waals surface area contributed by atoms with Crippen LogP contribution in [0.15, 0.2) is 60.8 Å². The molecule has 0 fully saturated rings. The van der Waals surface area contributed by atoms with Crippen molar-refractivity contribution < 1.29 is 28.6 Å². The van der Waals surface area contributed by atoms with Gasteiger partial charge in [0, 0.05) is 19.3 Å². The number of rotatable bonds is 54. The first-order valence-electron chi connectivity index (χ1n) is 29.8. The lowest BCUT2D eigenvalue weighted by Gasteiger charge is -2.18. The molecule has 0 unspecified atom stereocenters. The number of carbonyl (C=O) groups is 3. The molecule has 0 aromatic carbocycles. The van der Waals surface area contributed by atoms with Crippen LogP contribution in [0.5, 0.6) is 0 Å². The molecular weight excluding hydrogens is 853 g/mol. The van der Waals surface area contributed by atoms with Gasteiger partial charge in [-0.05, 0) is 83.5 Å². The summed E-state index contributed by atoms with van der Waals surface area (Å²) in [6, 6.07) is 0. The van der Waals surface area contributed by atoms with Crippen LogP contribution in [0.25, 0.3) is 0 Å². The van der Waals surface area contributed by atoms with Crippen LogP contribution in [-0.2, 0) is 28.6 Å². The van der Waals surface area contributed by atoms with E-state index >= 15 is 0 Å². The van der Waals surface area contributed by atoms with Gasteiger partial charge in [0.05, 0.1) is 0 Å². The normalized spacial score (nSPS) is 12.4. The van der Waals surface area contributed by atoms with E-state index in [0.717, 1.165) is 70.6 Å². The average molecular weight is 966 g/mol. The Morgan fingerprint density at radius 3 is 0.899 bits per heavy atom. The molecule has 0 saturated carbocycles. The molecule has 0 rings (SSSR count). The van der Waals surface area contributed by atoms with Gasteiger partial charge in [-0.15, -0.1) is 0 Å². The topological polar surface area (TPSA) is 78.9 Å². The van der Waals surface area contributed by atoms with Crippen LogP contribution in [0.4, 0.5) is 0 Å². The lowest BCUT2D eigenvalue weighted by molar-refractivity contribution is -0.167. The van der Waals surface area contributed by atoms with E-state index in [4.69, 9.17) is 14.2 Å². The van der Waals surface area contributed by atoms with Gasteiger partial charge in [0.2, 0.25) is 0 Å². The molecule has 0 amide bonds. The smallest absolute Gasteiger partial charge is 0.306 e. The summed E-state index contributed by atoms with van der Waals surface area (Å²) < 4.78 is 16.8. The van der Waals surface area contributed by atoms with Crippen LogP contribution < -0.4 is 0 Å². The van der Waals surface area contributed by atoms with Gasteiger partial charge in [-0.3, -0.25) is 14.4 Å². The van der Waals surface area contributed by atoms with Crippen LogP contribution in [0.3, 0.4) is 0 Å². The van der Waals surface area contributed by atoms with E-state index in [9.17, 15) is 14.4 Å². The third-order valence-electron chi connectivity index (χ3n) is 13.0. The van der Waals surface area contributed by atoms with Gasteiger partial charge in [0.15, 0.2) is 6.10 Å². The van der Waals surface area contributed by atoms with Crippen molar-refractivity contribution in [2.45, 2.75) is 309 Å². The summed E-state index contributed by atoms with van der Waals surface area (Å²) in [5.41, 5.74) is 0. The minimum absolute atomic E-state index is 0.0957. The molecule has 0 spiro atoms. The summed E-state index contributed by atoms with van der Waals surface area (Å²) >= 11 is 0. The third kappa shape index (κ3) is 55.9. The molecule has 0 N–H and O–H groups in total. The maximum Gasteiger partial charge on any atom is 0.306 e. The second-order valence-electron chi connectivity index (χ2n) is 19.9. The highest BCUT2D eigenvalue weighted by Crippen LogP contribution is 2.16. The van der Waals surface area contributed by atoms with Crippen molar-refractivity contribution in [3.8, 4) is 0 Å². The van der Waals surface area contributed by atoms with E-state index in [2.05, 4.69) is 81.5 Å². The lowest BCUT2D eigenvalue weighted by Crippen LogP contribution is -2.30. The summed E-state index contributed by atoms with van der Waals surface area (Å²) in [6.45, 7) is 6.59.